The summed E-state index contributed by atoms with van der Waals surface area (Å²) in [5.74, 6) is -0.999. The third-order valence-corrected chi connectivity index (χ3v) is 4.66. The van der Waals surface area contributed by atoms with E-state index in [9.17, 15) is 9.59 Å². The van der Waals surface area contributed by atoms with Crippen LogP contribution in [0.3, 0.4) is 0 Å². The van der Waals surface area contributed by atoms with E-state index in [0.29, 0.717) is 19.5 Å². The highest BCUT2D eigenvalue weighted by atomic mass is 16.4. The summed E-state index contributed by atoms with van der Waals surface area (Å²) < 4.78 is 0. The smallest absolute Gasteiger partial charge is 0.308 e. The fourth-order valence-electron chi connectivity index (χ4n) is 3.30. The van der Waals surface area contributed by atoms with Crippen molar-refractivity contribution in [1.29, 1.82) is 0 Å². The molecule has 0 aromatic rings. The predicted octanol–water partition coefficient (Wildman–Crippen LogP) is 1.09. The monoisotopic (exact) mass is 268 g/mol. The first-order valence-electron chi connectivity index (χ1n) is 7.32. The molecule has 108 valence electrons. The molecule has 5 nitrogen and oxygen atoms in total. The lowest BCUT2D eigenvalue weighted by Crippen LogP contribution is -2.54. The molecule has 19 heavy (non-hydrogen) atoms. The standard InChI is InChI=1S/C14H24N2O3/c1-2-14(6-4-7-15-10-14)13(19)16-8-3-5-11(9-16)12(17)18/h11,15H,2-10H2,1H3,(H,17,18). The normalized spacial score (nSPS) is 32.1. The van der Waals surface area contributed by atoms with Gasteiger partial charge in [-0.05, 0) is 38.6 Å². The first-order chi connectivity index (χ1) is 9.09. The maximum Gasteiger partial charge on any atom is 0.308 e. The Morgan fingerprint density at radius 1 is 1.42 bits per heavy atom. The number of aliphatic carboxylic acids is 1. The van der Waals surface area contributed by atoms with Gasteiger partial charge >= 0.3 is 5.97 Å². The van der Waals surface area contributed by atoms with Gasteiger partial charge in [0, 0.05) is 19.6 Å². The van der Waals surface area contributed by atoms with E-state index >= 15 is 0 Å². The highest BCUT2D eigenvalue weighted by molar-refractivity contribution is 5.84. The molecule has 2 atom stereocenters. The van der Waals surface area contributed by atoms with Crippen molar-refractivity contribution in [2.75, 3.05) is 26.2 Å². The van der Waals surface area contributed by atoms with Crippen LogP contribution in [0.25, 0.3) is 0 Å². The first-order valence-corrected chi connectivity index (χ1v) is 7.32. The number of nitrogens with zero attached hydrogens (tertiary/aromatic N) is 1. The molecule has 2 aliphatic rings. The molecule has 1 amide bonds. The van der Waals surface area contributed by atoms with Crippen LogP contribution in [0.2, 0.25) is 0 Å². The first kappa shape index (κ1) is 14.3. The van der Waals surface area contributed by atoms with Gasteiger partial charge in [-0.15, -0.1) is 0 Å². The quantitative estimate of drug-likeness (QED) is 0.804. The molecule has 0 aromatic carbocycles. The predicted molar refractivity (Wildman–Crippen MR) is 71.8 cm³/mol. The van der Waals surface area contributed by atoms with Gasteiger partial charge in [0.05, 0.1) is 11.3 Å². The highest BCUT2D eigenvalue weighted by Crippen LogP contribution is 2.33. The molecular weight excluding hydrogens is 244 g/mol. The minimum absolute atomic E-state index is 0.160. The van der Waals surface area contributed by atoms with Crippen molar-refractivity contribution in [3.05, 3.63) is 0 Å². The number of carbonyl (C=O) groups excluding carboxylic acids is 1. The van der Waals surface area contributed by atoms with Crippen LogP contribution in [0.1, 0.15) is 39.0 Å². The molecule has 2 N–H and O–H groups in total. The summed E-state index contributed by atoms with van der Waals surface area (Å²) in [6.07, 6.45) is 4.26. The molecule has 2 heterocycles. The van der Waals surface area contributed by atoms with E-state index < -0.39 is 5.97 Å². The Labute approximate surface area is 114 Å². The summed E-state index contributed by atoms with van der Waals surface area (Å²) in [6, 6.07) is 0. The van der Waals surface area contributed by atoms with Crippen LogP contribution in [-0.4, -0.2) is 48.1 Å². The van der Waals surface area contributed by atoms with Crippen LogP contribution in [0, 0.1) is 11.3 Å². The molecule has 0 spiro atoms. The van der Waals surface area contributed by atoms with Crippen LogP contribution in [-0.2, 0) is 9.59 Å². The van der Waals surface area contributed by atoms with Crippen molar-refractivity contribution in [3.63, 3.8) is 0 Å². The number of carbonyl (C=O) groups is 2. The second-order valence-electron chi connectivity index (χ2n) is 5.84. The van der Waals surface area contributed by atoms with Gasteiger partial charge < -0.3 is 15.3 Å². The van der Waals surface area contributed by atoms with E-state index in [1.54, 1.807) is 4.90 Å². The number of likely N-dealkylation sites (tertiary alicyclic amines) is 1. The zero-order valence-electron chi connectivity index (χ0n) is 11.7. The molecule has 0 aliphatic carbocycles. The Balaban J connectivity index is 2.06. The maximum atomic E-state index is 12.8. The Morgan fingerprint density at radius 2 is 2.21 bits per heavy atom. The lowest BCUT2D eigenvalue weighted by Gasteiger charge is -2.41. The van der Waals surface area contributed by atoms with Gasteiger partial charge in [0.15, 0.2) is 0 Å². The molecule has 2 rings (SSSR count). The van der Waals surface area contributed by atoms with E-state index in [2.05, 4.69) is 12.2 Å². The van der Waals surface area contributed by atoms with Crippen molar-refractivity contribution in [2.45, 2.75) is 39.0 Å². The van der Waals surface area contributed by atoms with Crippen LogP contribution in [0.4, 0.5) is 0 Å². The van der Waals surface area contributed by atoms with E-state index in [1.165, 1.54) is 0 Å². The average molecular weight is 268 g/mol. The number of carboxylic acid groups (broad SMARTS) is 1. The van der Waals surface area contributed by atoms with Gasteiger partial charge in [-0.2, -0.15) is 0 Å². The summed E-state index contributed by atoms with van der Waals surface area (Å²) in [7, 11) is 0. The van der Waals surface area contributed by atoms with Gasteiger partial charge in [0.1, 0.15) is 0 Å². The number of nitrogens with one attached hydrogen (secondary N) is 1. The Hall–Kier alpha value is -1.10. The van der Waals surface area contributed by atoms with Crippen LogP contribution >= 0.6 is 0 Å². The van der Waals surface area contributed by atoms with Crippen molar-refractivity contribution in [2.24, 2.45) is 11.3 Å². The number of hydrogen-bond donors (Lipinski definition) is 2. The Morgan fingerprint density at radius 3 is 2.79 bits per heavy atom. The molecule has 0 aromatic heterocycles. The zero-order chi connectivity index (χ0) is 13.9. The van der Waals surface area contributed by atoms with Gasteiger partial charge in [0.25, 0.3) is 0 Å². The third kappa shape index (κ3) is 2.91. The molecular formula is C14H24N2O3. The van der Waals surface area contributed by atoms with Gasteiger partial charge in [0.2, 0.25) is 5.91 Å². The highest BCUT2D eigenvalue weighted by Gasteiger charge is 2.42. The summed E-state index contributed by atoms with van der Waals surface area (Å²) in [4.78, 5) is 25.7. The molecule has 2 aliphatic heterocycles. The van der Waals surface area contributed by atoms with Crippen molar-refractivity contribution in [3.8, 4) is 0 Å². The summed E-state index contributed by atoms with van der Waals surface area (Å²) in [5, 5.41) is 12.4. The largest absolute Gasteiger partial charge is 0.481 e. The van der Waals surface area contributed by atoms with Crippen LogP contribution in [0.5, 0.6) is 0 Å². The van der Waals surface area contributed by atoms with E-state index in [4.69, 9.17) is 5.11 Å². The third-order valence-electron chi connectivity index (χ3n) is 4.66. The minimum Gasteiger partial charge on any atom is -0.481 e. The van der Waals surface area contributed by atoms with E-state index in [1.807, 2.05) is 0 Å². The second-order valence-corrected chi connectivity index (χ2v) is 5.84. The molecule has 0 saturated carbocycles. The number of hydrogen-bond acceptors (Lipinski definition) is 3. The van der Waals surface area contributed by atoms with Crippen LogP contribution in [0.15, 0.2) is 0 Å². The van der Waals surface area contributed by atoms with Crippen molar-refractivity contribution in [1.82, 2.24) is 10.2 Å². The molecule has 5 heteroatoms. The van der Waals surface area contributed by atoms with E-state index in [0.717, 1.165) is 38.8 Å². The topological polar surface area (TPSA) is 69.6 Å². The summed E-state index contributed by atoms with van der Waals surface area (Å²) in [6.45, 7) is 4.87. The zero-order valence-corrected chi connectivity index (χ0v) is 11.7. The lowest BCUT2D eigenvalue weighted by atomic mass is 9.76. The number of amides is 1. The summed E-state index contributed by atoms with van der Waals surface area (Å²) in [5.41, 5.74) is -0.307. The fraction of sp³-hybridized carbons (Fsp3) is 0.857. The molecule has 2 fully saturated rings. The Kier molecular flexibility index (Phi) is 4.45. The van der Waals surface area contributed by atoms with Crippen LogP contribution < -0.4 is 5.32 Å². The molecule has 0 bridgehead atoms. The fourth-order valence-corrected chi connectivity index (χ4v) is 3.30. The van der Waals surface area contributed by atoms with Gasteiger partial charge in [-0.3, -0.25) is 9.59 Å². The number of rotatable bonds is 3. The lowest BCUT2D eigenvalue weighted by molar-refractivity contribution is -0.150. The number of carboxylic acids is 1. The van der Waals surface area contributed by atoms with Crippen molar-refractivity contribution >= 4 is 11.9 Å². The molecule has 0 radical (unpaired) electrons. The SMILES string of the molecule is CCC1(C(=O)N2CCCC(C(=O)O)C2)CCCNC1. The number of piperidine rings is 2. The Bertz CT molecular complexity index is 351. The maximum absolute atomic E-state index is 12.8. The van der Waals surface area contributed by atoms with Gasteiger partial charge in [-0.1, -0.05) is 6.92 Å². The van der Waals surface area contributed by atoms with E-state index in [-0.39, 0.29) is 17.2 Å². The summed E-state index contributed by atoms with van der Waals surface area (Å²) >= 11 is 0. The molecule has 2 unspecified atom stereocenters. The molecule has 2 saturated heterocycles. The average Bonchev–Trinajstić information content (AvgIpc) is 2.47. The minimum atomic E-state index is -0.773. The van der Waals surface area contributed by atoms with Crippen molar-refractivity contribution < 1.29 is 14.7 Å². The van der Waals surface area contributed by atoms with Gasteiger partial charge in [-0.25, -0.2) is 0 Å². The second kappa shape index (κ2) is 5.90.